The fourth-order valence-electron chi connectivity index (χ4n) is 7.74. The summed E-state index contributed by atoms with van der Waals surface area (Å²) in [6.45, 7) is 14.3. The van der Waals surface area contributed by atoms with E-state index in [2.05, 4.69) is 48.0 Å². The van der Waals surface area contributed by atoms with Crippen molar-refractivity contribution < 1.29 is 29.0 Å². The summed E-state index contributed by atoms with van der Waals surface area (Å²) in [6.07, 6.45) is 10.3. The maximum Gasteiger partial charge on any atom is 0.321 e. The lowest BCUT2D eigenvalue weighted by Crippen LogP contribution is -2.25. The molecule has 1 aliphatic carbocycles. The Morgan fingerprint density at radius 1 is 0.940 bits per heavy atom. The van der Waals surface area contributed by atoms with E-state index in [1.54, 1.807) is 0 Å². The highest BCUT2D eigenvalue weighted by Crippen LogP contribution is 2.48. The number of hydrogen-bond donors (Lipinski definition) is 5. The molecule has 0 amide bonds. The number of fused-ring (bicyclic) bond motifs is 7. The van der Waals surface area contributed by atoms with Crippen LogP contribution in [0.25, 0.3) is 23.8 Å². The summed E-state index contributed by atoms with van der Waals surface area (Å²) in [5, 5.41) is 16.0. The van der Waals surface area contributed by atoms with E-state index in [1.165, 1.54) is 7.11 Å². The molecule has 0 aromatic carbocycles. The molecule has 0 saturated carbocycles. The Balaban J connectivity index is 1.59. The van der Waals surface area contributed by atoms with Gasteiger partial charge >= 0.3 is 11.9 Å². The normalized spacial score (nSPS) is 23.5. The molecule has 3 aromatic heterocycles. The summed E-state index contributed by atoms with van der Waals surface area (Å²) in [5.74, 6) is -2.76. The number of carbonyl (C=O) groups is 3. The lowest BCUT2D eigenvalue weighted by atomic mass is 9.85. The van der Waals surface area contributed by atoms with Gasteiger partial charge in [-0.25, -0.2) is 0 Å². The lowest BCUT2D eigenvalue weighted by Gasteiger charge is -2.19. The van der Waals surface area contributed by atoms with Crippen molar-refractivity contribution in [3.63, 3.8) is 0 Å². The highest BCUT2D eigenvalue weighted by Gasteiger charge is 2.48. The number of methoxy groups -OCH3 is 1. The molecule has 3 aliphatic rings. The van der Waals surface area contributed by atoms with Gasteiger partial charge in [-0.15, -0.1) is 0 Å². The average Bonchev–Trinajstić information content (AvgIpc) is 3.84. The van der Waals surface area contributed by atoms with Crippen LogP contribution in [0.4, 0.5) is 0 Å². The smallest absolute Gasteiger partial charge is 0.321 e. The Kier molecular flexibility index (Phi) is 9.68. The zero-order chi connectivity index (χ0) is 36.0. The van der Waals surface area contributed by atoms with Gasteiger partial charge in [0.25, 0.3) is 0 Å². The summed E-state index contributed by atoms with van der Waals surface area (Å²) >= 11 is 0. The third-order valence-electron chi connectivity index (χ3n) is 11.0. The molecular formula is C40H48N4O6. The van der Waals surface area contributed by atoms with Gasteiger partial charge in [0.2, 0.25) is 0 Å². The highest BCUT2D eigenvalue weighted by molar-refractivity contribution is 6.24. The fraction of sp³-hybridized carbons (Fsp3) is 0.425. The van der Waals surface area contributed by atoms with E-state index >= 15 is 0 Å². The number of allylic oxidation sites excluding steroid dienone is 3. The number of hydrogen-bond acceptors (Lipinski definition) is 7. The fourth-order valence-corrected chi connectivity index (χ4v) is 7.74. The van der Waals surface area contributed by atoms with E-state index < -0.39 is 11.9 Å². The Bertz CT molecular complexity index is 2120. The molecule has 50 heavy (non-hydrogen) atoms. The van der Waals surface area contributed by atoms with E-state index in [0.717, 1.165) is 79.7 Å². The molecule has 10 heteroatoms. The monoisotopic (exact) mass is 680 g/mol. The third-order valence-corrected chi connectivity index (χ3v) is 11.0. The van der Waals surface area contributed by atoms with Gasteiger partial charge < -0.3 is 34.8 Å². The average molecular weight is 681 g/mol. The molecule has 8 bridgehead atoms. The van der Waals surface area contributed by atoms with Crippen LogP contribution >= 0.6 is 0 Å². The number of esters is 2. The van der Waals surface area contributed by atoms with Crippen molar-refractivity contribution in [1.29, 1.82) is 0 Å². The summed E-state index contributed by atoms with van der Waals surface area (Å²) in [4.78, 5) is 51.3. The number of ether oxygens (including phenoxy) is 2. The zero-order valence-electron chi connectivity index (χ0n) is 30.3. The van der Waals surface area contributed by atoms with Crippen LogP contribution in [-0.4, -0.2) is 51.5 Å². The largest absolute Gasteiger partial charge is 0.468 e. The molecule has 0 radical (unpaired) electrons. The standard InChI is InChI=1S/C40H48N4O6/c1-9-19(3)13-14-50-33(46)12-11-25-21(5)29-15-27-22(6)26(18-45)32(42-27)16-28-20(4)24(10-2)31(41-28)17-30-23(7)34-38(44-30)35(37(25)43-29)36(39(34)47)40(48)49-8/h13,15-17,21,25,36,41-45H,9-12,14,18H2,1-8H3/b19-13+,28-16-,29-15-,31-17-,37-35-/t21-,25-,36+/m0/s1. The first-order valence-electron chi connectivity index (χ1n) is 17.6. The summed E-state index contributed by atoms with van der Waals surface area (Å²) in [5.41, 5.74) is 11.5. The predicted molar refractivity (Wildman–Crippen MR) is 193 cm³/mol. The van der Waals surface area contributed by atoms with E-state index in [1.807, 2.05) is 45.1 Å². The van der Waals surface area contributed by atoms with Gasteiger partial charge in [0.1, 0.15) is 12.5 Å². The number of aromatic nitrogens is 3. The molecule has 1 fully saturated rings. The molecule has 5 N–H and O–H groups in total. The molecule has 1 saturated heterocycles. The molecule has 6 rings (SSSR count). The number of rotatable bonds is 9. The maximum atomic E-state index is 14.2. The summed E-state index contributed by atoms with van der Waals surface area (Å²) in [7, 11) is 1.30. The number of H-pyrrole nitrogens is 3. The first kappa shape index (κ1) is 35.0. The van der Waals surface area contributed by atoms with Gasteiger partial charge in [-0.1, -0.05) is 26.3 Å². The van der Waals surface area contributed by atoms with Crippen LogP contribution in [0.2, 0.25) is 0 Å². The number of Topliss-reactive ketones (excluding diaryl/α,β-unsaturated/α-hetero) is 1. The van der Waals surface area contributed by atoms with Gasteiger partial charge in [0, 0.05) is 74.1 Å². The Labute approximate surface area is 292 Å². The minimum Gasteiger partial charge on any atom is -0.468 e. The molecular weight excluding hydrogens is 632 g/mol. The second kappa shape index (κ2) is 13.8. The van der Waals surface area contributed by atoms with Crippen molar-refractivity contribution in [3.8, 4) is 0 Å². The number of carbonyl (C=O) groups excluding carboxylic acids is 3. The van der Waals surface area contributed by atoms with E-state index in [-0.39, 0.29) is 43.2 Å². The van der Waals surface area contributed by atoms with Crippen molar-refractivity contribution in [2.24, 2.45) is 17.8 Å². The van der Waals surface area contributed by atoms with Crippen LogP contribution in [0.5, 0.6) is 0 Å². The van der Waals surface area contributed by atoms with Gasteiger partial charge in [-0.2, -0.15) is 0 Å². The molecule has 0 spiro atoms. The Morgan fingerprint density at radius 3 is 2.34 bits per heavy atom. The van der Waals surface area contributed by atoms with Crippen LogP contribution in [0, 0.1) is 38.5 Å². The molecule has 264 valence electrons. The second-order valence-corrected chi connectivity index (χ2v) is 13.7. The first-order chi connectivity index (χ1) is 23.9. The maximum absolute atomic E-state index is 14.2. The lowest BCUT2D eigenvalue weighted by molar-refractivity contribution is -0.143. The molecule has 3 aromatic rings. The predicted octanol–water partition coefficient (Wildman–Crippen LogP) is 4.89. The van der Waals surface area contributed by atoms with E-state index in [4.69, 9.17) is 9.47 Å². The Hall–Kier alpha value is -4.83. The number of aliphatic hydroxyl groups excluding tert-OH is 1. The van der Waals surface area contributed by atoms with Gasteiger partial charge in [-0.3, -0.25) is 14.4 Å². The zero-order valence-corrected chi connectivity index (χ0v) is 30.3. The first-order valence-corrected chi connectivity index (χ1v) is 17.6. The molecule has 5 heterocycles. The van der Waals surface area contributed by atoms with Crippen molar-refractivity contribution in [2.75, 3.05) is 13.7 Å². The number of aromatic amines is 3. The quantitative estimate of drug-likeness (QED) is 0.123. The van der Waals surface area contributed by atoms with Crippen LogP contribution in [0.1, 0.15) is 108 Å². The van der Waals surface area contributed by atoms with Crippen LogP contribution in [0.15, 0.2) is 23.0 Å². The van der Waals surface area contributed by atoms with Crippen molar-refractivity contribution in [3.05, 3.63) is 89.9 Å². The SMILES string of the molecule is CC/C(C)=C/COC(=O)CC[C@@H]1/C2=C3/c4[nH]c(c(C)c4C(=O)[C@@H]3C(=O)OC)/C=c3\[nH]/c(c(C)c3CC)=C\c3[nH]c(c(C)c3CO)/C=C(\N2)[C@H]1C. The van der Waals surface area contributed by atoms with E-state index in [9.17, 15) is 19.5 Å². The number of nitrogens with one attached hydrogen (secondary N) is 4. The topological polar surface area (TPSA) is 149 Å². The van der Waals surface area contributed by atoms with Gasteiger partial charge in [-0.05, 0) is 93.5 Å². The van der Waals surface area contributed by atoms with Crippen molar-refractivity contribution in [1.82, 2.24) is 20.3 Å². The summed E-state index contributed by atoms with van der Waals surface area (Å²) in [6, 6.07) is 0. The molecule has 3 atom stereocenters. The molecule has 2 aliphatic heterocycles. The van der Waals surface area contributed by atoms with Crippen LogP contribution in [0.3, 0.4) is 0 Å². The minimum atomic E-state index is -1.15. The van der Waals surface area contributed by atoms with E-state index in [0.29, 0.717) is 28.9 Å². The number of aliphatic hydroxyl groups is 1. The van der Waals surface area contributed by atoms with Crippen molar-refractivity contribution in [2.45, 2.75) is 80.8 Å². The van der Waals surface area contributed by atoms with Crippen LogP contribution in [-0.2, 0) is 32.1 Å². The highest BCUT2D eigenvalue weighted by atomic mass is 16.5. The Morgan fingerprint density at radius 2 is 1.66 bits per heavy atom. The third kappa shape index (κ3) is 5.89. The number of ketones is 1. The van der Waals surface area contributed by atoms with Crippen molar-refractivity contribution >= 4 is 41.5 Å². The molecule has 0 unspecified atom stereocenters. The van der Waals surface area contributed by atoms with Crippen LogP contribution < -0.4 is 16.0 Å². The van der Waals surface area contributed by atoms with Gasteiger partial charge in [0.05, 0.1) is 19.4 Å². The second-order valence-electron chi connectivity index (χ2n) is 13.7. The molecule has 10 nitrogen and oxygen atoms in total. The minimum absolute atomic E-state index is 0.115. The summed E-state index contributed by atoms with van der Waals surface area (Å²) < 4.78 is 10.8. The van der Waals surface area contributed by atoms with Gasteiger partial charge in [0.15, 0.2) is 5.78 Å².